The van der Waals surface area contributed by atoms with Crippen LogP contribution in [0.4, 0.5) is 11.4 Å². The maximum atomic E-state index is 5.92. The van der Waals surface area contributed by atoms with Crippen molar-refractivity contribution in [2.45, 2.75) is 6.92 Å². The fraction of sp³-hybridized carbons (Fsp3) is 0.222. The summed E-state index contributed by atoms with van der Waals surface area (Å²) in [5, 5.41) is 11.4. The predicted octanol–water partition coefficient (Wildman–Crippen LogP) is 2.23. The van der Waals surface area contributed by atoms with Gasteiger partial charge in [0.25, 0.3) is 0 Å². The van der Waals surface area contributed by atoms with Crippen LogP contribution >= 0.6 is 11.6 Å². The highest BCUT2D eigenvalue weighted by Crippen LogP contribution is 2.29. The van der Waals surface area contributed by atoms with E-state index in [1.54, 1.807) is 0 Å². The molecule has 0 saturated heterocycles. The van der Waals surface area contributed by atoms with E-state index in [-0.39, 0.29) is 0 Å². The van der Waals surface area contributed by atoms with Crippen LogP contribution in [0, 0.1) is 0 Å². The van der Waals surface area contributed by atoms with E-state index in [1.165, 1.54) is 0 Å². The minimum Gasteiger partial charge on any atom is -0.399 e. The van der Waals surface area contributed by atoms with Gasteiger partial charge in [-0.2, -0.15) is 5.10 Å². The Morgan fingerprint density at radius 1 is 1.57 bits per heavy atom. The molecule has 0 aliphatic rings. The van der Waals surface area contributed by atoms with Crippen LogP contribution < -0.4 is 11.1 Å². The Kier molecular flexibility index (Phi) is 2.21. The van der Waals surface area contributed by atoms with Gasteiger partial charge >= 0.3 is 0 Å². The van der Waals surface area contributed by atoms with Gasteiger partial charge < -0.3 is 11.1 Å². The number of H-pyrrole nitrogens is 1. The Hall–Kier alpha value is -1.42. The van der Waals surface area contributed by atoms with Gasteiger partial charge in [0.05, 0.1) is 5.69 Å². The highest BCUT2D eigenvalue weighted by atomic mass is 35.5. The highest BCUT2D eigenvalue weighted by Gasteiger charge is 2.08. The van der Waals surface area contributed by atoms with Crippen LogP contribution in [-0.2, 0) is 0 Å². The lowest BCUT2D eigenvalue weighted by molar-refractivity contribution is 1.11. The summed E-state index contributed by atoms with van der Waals surface area (Å²) in [6.07, 6.45) is 0. The van der Waals surface area contributed by atoms with E-state index in [0.717, 1.165) is 23.1 Å². The van der Waals surface area contributed by atoms with Crippen LogP contribution in [0.15, 0.2) is 12.1 Å². The molecule has 0 fully saturated rings. The average molecular weight is 211 g/mol. The monoisotopic (exact) mass is 210 g/mol. The van der Waals surface area contributed by atoms with Gasteiger partial charge in [0.1, 0.15) is 10.7 Å². The van der Waals surface area contributed by atoms with Crippen LogP contribution in [0.2, 0.25) is 5.15 Å². The predicted molar refractivity (Wildman–Crippen MR) is 59.7 cm³/mol. The molecule has 14 heavy (non-hydrogen) atoms. The van der Waals surface area contributed by atoms with Gasteiger partial charge in [-0.15, -0.1) is 0 Å². The number of fused-ring (bicyclic) bond motifs is 1. The number of aromatic nitrogens is 2. The minimum atomic E-state index is 0.520. The molecule has 0 bridgehead atoms. The summed E-state index contributed by atoms with van der Waals surface area (Å²) in [6, 6.07) is 3.66. The number of anilines is 2. The minimum absolute atomic E-state index is 0.520. The van der Waals surface area contributed by atoms with Crippen molar-refractivity contribution in [3.63, 3.8) is 0 Å². The Balaban J connectivity index is 2.68. The van der Waals surface area contributed by atoms with E-state index >= 15 is 0 Å². The van der Waals surface area contributed by atoms with Crippen LogP contribution in [0.1, 0.15) is 6.92 Å². The van der Waals surface area contributed by atoms with Crippen LogP contribution in [0.3, 0.4) is 0 Å². The fourth-order valence-electron chi connectivity index (χ4n) is 1.43. The summed E-state index contributed by atoms with van der Waals surface area (Å²) in [7, 11) is 0. The van der Waals surface area contributed by atoms with E-state index < -0.39 is 0 Å². The third-order valence-corrected chi connectivity index (χ3v) is 2.29. The van der Waals surface area contributed by atoms with Gasteiger partial charge in [-0.05, 0) is 19.1 Å². The molecule has 74 valence electrons. The number of hydrogen-bond acceptors (Lipinski definition) is 3. The van der Waals surface area contributed by atoms with E-state index in [0.29, 0.717) is 10.8 Å². The molecule has 4 N–H and O–H groups in total. The lowest BCUT2D eigenvalue weighted by Crippen LogP contribution is -1.98. The van der Waals surface area contributed by atoms with Gasteiger partial charge in [-0.3, -0.25) is 5.10 Å². The van der Waals surface area contributed by atoms with Gasteiger partial charge in [0.2, 0.25) is 0 Å². The van der Waals surface area contributed by atoms with E-state index in [4.69, 9.17) is 17.3 Å². The molecule has 0 amide bonds. The summed E-state index contributed by atoms with van der Waals surface area (Å²) in [5.74, 6) is 0. The molecule has 1 aromatic carbocycles. The highest BCUT2D eigenvalue weighted by molar-refractivity contribution is 6.34. The van der Waals surface area contributed by atoms with Gasteiger partial charge in [-0.25, -0.2) is 0 Å². The Labute approximate surface area is 86.4 Å². The molecule has 0 unspecified atom stereocenters. The summed E-state index contributed by atoms with van der Waals surface area (Å²) < 4.78 is 0. The normalized spacial score (nSPS) is 10.7. The maximum absolute atomic E-state index is 5.92. The van der Waals surface area contributed by atoms with Gasteiger partial charge in [0.15, 0.2) is 0 Å². The first kappa shape index (κ1) is 9.15. The average Bonchev–Trinajstić information content (AvgIpc) is 2.49. The lowest BCUT2D eigenvalue weighted by atomic mass is 10.2. The second-order valence-corrected chi connectivity index (χ2v) is 3.41. The quantitative estimate of drug-likeness (QED) is 0.666. The molecule has 0 saturated carbocycles. The third-order valence-electron chi connectivity index (χ3n) is 2.00. The lowest BCUT2D eigenvalue weighted by Gasteiger charge is -2.04. The molecule has 0 radical (unpaired) electrons. The van der Waals surface area contributed by atoms with Crippen molar-refractivity contribution in [2.24, 2.45) is 0 Å². The zero-order valence-corrected chi connectivity index (χ0v) is 8.52. The Bertz CT molecular complexity index is 463. The number of nitrogen functional groups attached to an aromatic ring is 1. The van der Waals surface area contributed by atoms with Crippen molar-refractivity contribution < 1.29 is 0 Å². The van der Waals surface area contributed by atoms with Gasteiger partial charge in [0, 0.05) is 17.6 Å². The van der Waals surface area contributed by atoms with Crippen LogP contribution in [0.25, 0.3) is 10.9 Å². The molecule has 2 rings (SSSR count). The Morgan fingerprint density at radius 2 is 2.36 bits per heavy atom. The maximum Gasteiger partial charge on any atom is 0.132 e. The van der Waals surface area contributed by atoms with Crippen molar-refractivity contribution >= 4 is 33.9 Å². The standard InChI is InChI=1S/C9H11ClN4/c1-2-12-7-4-5(11)3-6-8(7)13-14-9(6)10/h3-4,12H,2,11H2,1H3,(H,13,14). The number of aromatic amines is 1. The third kappa shape index (κ3) is 1.37. The molecule has 4 nitrogen and oxygen atoms in total. The van der Waals surface area contributed by atoms with Gasteiger partial charge in [-0.1, -0.05) is 11.6 Å². The second-order valence-electron chi connectivity index (χ2n) is 3.03. The second kappa shape index (κ2) is 3.38. The first-order valence-electron chi connectivity index (χ1n) is 4.39. The molecule has 1 heterocycles. The molecule has 0 atom stereocenters. The first-order valence-corrected chi connectivity index (χ1v) is 4.77. The first-order chi connectivity index (χ1) is 6.72. The number of rotatable bonds is 2. The summed E-state index contributed by atoms with van der Waals surface area (Å²) in [4.78, 5) is 0. The zero-order valence-electron chi connectivity index (χ0n) is 7.76. The fourth-order valence-corrected chi connectivity index (χ4v) is 1.62. The van der Waals surface area contributed by atoms with Crippen molar-refractivity contribution in [1.82, 2.24) is 10.2 Å². The molecule has 1 aromatic heterocycles. The van der Waals surface area contributed by atoms with Crippen LogP contribution in [-0.4, -0.2) is 16.7 Å². The smallest absolute Gasteiger partial charge is 0.132 e. The number of nitrogens with one attached hydrogen (secondary N) is 2. The summed E-state index contributed by atoms with van der Waals surface area (Å²) in [5.41, 5.74) is 8.15. The molecule has 0 spiro atoms. The molecular weight excluding hydrogens is 200 g/mol. The number of hydrogen-bond donors (Lipinski definition) is 3. The van der Waals surface area contributed by atoms with Crippen molar-refractivity contribution in [3.05, 3.63) is 17.3 Å². The number of nitrogens with zero attached hydrogens (tertiary/aromatic N) is 1. The summed E-state index contributed by atoms with van der Waals surface area (Å²) in [6.45, 7) is 2.84. The molecule has 0 aliphatic carbocycles. The van der Waals surface area contributed by atoms with E-state index in [1.807, 2.05) is 19.1 Å². The van der Waals surface area contributed by atoms with Crippen molar-refractivity contribution in [3.8, 4) is 0 Å². The number of benzene rings is 1. The summed E-state index contributed by atoms with van der Waals surface area (Å²) >= 11 is 5.92. The molecule has 0 aliphatic heterocycles. The largest absolute Gasteiger partial charge is 0.399 e. The molecule has 2 aromatic rings. The SMILES string of the molecule is CCNc1cc(N)cc2c(Cl)[nH]nc12. The number of nitrogens with two attached hydrogens (primary N) is 1. The van der Waals surface area contributed by atoms with Crippen molar-refractivity contribution in [2.75, 3.05) is 17.6 Å². The topological polar surface area (TPSA) is 66.7 Å². The Morgan fingerprint density at radius 3 is 3.07 bits per heavy atom. The number of halogens is 1. The molecular formula is C9H11ClN4. The molecule has 5 heteroatoms. The zero-order chi connectivity index (χ0) is 10.1. The van der Waals surface area contributed by atoms with Crippen molar-refractivity contribution in [1.29, 1.82) is 0 Å². The van der Waals surface area contributed by atoms with E-state index in [9.17, 15) is 0 Å². The van der Waals surface area contributed by atoms with Crippen LogP contribution in [0.5, 0.6) is 0 Å². The van der Waals surface area contributed by atoms with E-state index in [2.05, 4.69) is 15.5 Å².